The summed E-state index contributed by atoms with van der Waals surface area (Å²) in [6.45, 7) is 12.2. The first kappa shape index (κ1) is 47.8. The molecule has 4 aromatic rings. The summed E-state index contributed by atoms with van der Waals surface area (Å²) in [5, 5.41) is 8.40. The molecule has 61 heavy (non-hydrogen) atoms. The highest BCUT2D eigenvalue weighted by molar-refractivity contribution is 5.95. The zero-order chi connectivity index (χ0) is 44.0. The minimum atomic E-state index is -0.985. The van der Waals surface area contributed by atoms with Crippen molar-refractivity contribution in [1.29, 1.82) is 0 Å². The molecule has 2 heterocycles. The highest BCUT2D eigenvalue weighted by atomic mass is 16.5. The topological polar surface area (TPSA) is 158 Å². The average Bonchev–Trinajstić information content (AvgIpc) is 3.28. The minimum absolute atomic E-state index is 0.0782. The fraction of sp³-hybridized carbons (Fsp3) is 0.429. The van der Waals surface area contributed by atoms with Gasteiger partial charge in [-0.05, 0) is 131 Å². The van der Waals surface area contributed by atoms with Crippen LogP contribution >= 0.6 is 0 Å². The lowest BCUT2D eigenvalue weighted by Gasteiger charge is -2.31. The van der Waals surface area contributed by atoms with Crippen LogP contribution in [0.25, 0.3) is 0 Å². The molecule has 0 saturated carbocycles. The van der Waals surface area contributed by atoms with E-state index in [-0.39, 0.29) is 36.9 Å². The molecule has 328 valence electrons. The molecule has 0 radical (unpaired) electrons. The maximum Gasteiger partial charge on any atom is 0.341 e. The van der Waals surface area contributed by atoms with Gasteiger partial charge in [0.15, 0.2) is 12.4 Å². The molecule has 12 heteroatoms. The molecule has 12 nitrogen and oxygen atoms in total. The Bertz CT molecular complexity index is 1920. The Kier molecular flexibility index (Phi) is 20.1. The number of benzene rings is 4. The number of aliphatic carboxylic acids is 1. The number of hydrogen-bond donors (Lipinski definition) is 2. The molecular weight excluding hydrogens is 775 g/mol. The number of carbonyl (C=O) groups is 4. The lowest BCUT2D eigenvalue weighted by atomic mass is 9.91. The van der Waals surface area contributed by atoms with Gasteiger partial charge in [0.25, 0.3) is 11.8 Å². The first-order chi connectivity index (χ1) is 29.4. The van der Waals surface area contributed by atoms with E-state index in [4.69, 9.17) is 29.8 Å². The monoisotopic (exact) mass is 837 g/mol. The van der Waals surface area contributed by atoms with Crippen molar-refractivity contribution in [3.05, 3.63) is 119 Å². The number of nitrogens with two attached hydrogens (primary N) is 1. The van der Waals surface area contributed by atoms with Crippen molar-refractivity contribution in [2.45, 2.75) is 78.7 Å². The van der Waals surface area contributed by atoms with Crippen LogP contribution in [0.4, 0.5) is 0 Å². The summed E-state index contributed by atoms with van der Waals surface area (Å²) in [6.07, 6.45) is 5.96. The van der Waals surface area contributed by atoms with E-state index in [0.717, 1.165) is 79.8 Å². The summed E-state index contributed by atoms with van der Waals surface area (Å²) in [5.74, 6) is 2.41. The molecular formula is C49H63N3O9. The van der Waals surface area contributed by atoms with Gasteiger partial charge in [0.05, 0.1) is 13.2 Å². The summed E-state index contributed by atoms with van der Waals surface area (Å²) in [5.41, 5.74) is 9.65. The number of hydrogen-bond acceptors (Lipinski definition) is 9. The third-order valence-corrected chi connectivity index (χ3v) is 10.2. The molecule has 3 N–H and O–H groups in total. The first-order valence-corrected chi connectivity index (χ1v) is 21.4. The fourth-order valence-electron chi connectivity index (χ4n) is 6.59. The van der Waals surface area contributed by atoms with Crippen LogP contribution in [0.15, 0.2) is 97.1 Å². The number of carbonyl (C=O) groups excluding carboxylic acids is 3. The van der Waals surface area contributed by atoms with E-state index in [1.165, 1.54) is 5.56 Å². The number of likely N-dealkylation sites (tertiary alicyclic amines) is 2. The van der Waals surface area contributed by atoms with E-state index in [2.05, 4.69) is 6.92 Å². The highest BCUT2D eigenvalue weighted by Crippen LogP contribution is 2.24. The smallest absolute Gasteiger partial charge is 0.341 e. The number of Topliss-reactive ketones (excluding diaryl/α,β-unsaturated/α-hetero) is 1. The van der Waals surface area contributed by atoms with Crippen LogP contribution < -0.4 is 24.7 Å². The Morgan fingerprint density at radius 3 is 1.30 bits per heavy atom. The zero-order valence-electron chi connectivity index (χ0n) is 36.2. The number of carboxylic acid groups (broad SMARTS) is 1. The maximum atomic E-state index is 12.6. The summed E-state index contributed by atoms with van der Waals surface area (Å²) < 4.78 is 21.5. The number of piperidine rings is 2. The van der Waals surface area contributed by atoms with Crippen LogP contribution in [0.1, 0.15) is 90.6 Å². The SMILES string of the molecule is CCCOc1ccc(OCC(=O)CC2CCN(C(=O)c3ccc(C)cc3)CC2)cc1.CCCOc1ccc(OCC(=O)O)cc1.Cc1ccc(C(=O)N2CCC(N)CC2)cc1. The molecule has 2 saturated heterocycles. The molecule has 0 unspecified atom stereocenters. The number of aryl methyl sites for hydroxylation is 2. The Morgan fingerprint density at radius 2 is 0.918 bits per heavy atom. The van der Waals surface area contributed by atoms with Crippen molar-refractivity contribution in [2.24, 2.45) is 11.7 Å². The van der Waals surface area contributed by atoms with Crippen molar-refractivity contribution in [2.75, 3.05) is 52.6 Å². The van der Waals surface area contributed by atoms with Crippen molar-refractivity contribution >= 4 is 23.6 Å². The van der Waals surface area contributed by atoms with Crippen molar-refractivity contribution < 1.29 is 43.2 Å². The van der Waals surface area contributed by atoms with Gasteiger partial charge in [0, 0.05) is 49.8 Å². The van der Waals surface area contributed by atoms with Crippen molar-refractivity contribution in [1.82, 2.24) is 9.80 Å². The molecule has 4 aromatic carbocycles. The third kappa shape index (κ3) is 17.3. The van der Waals surface area contributed by atoms with Crippen LogP contribution in [0.2, 0.25) is 0 Å². The number of carboxylic acids is 1. The van der Waals surface area contributed by atoms with E-state index in [0.29, 0.717) is 50.1 Å². The van der Waals surface area contributed by atoms with E-state index in [1.54, 1.807) is 24.3 Å². The minimum Gasteiger partial charge on any atom is -0.494 e. The van der Waals surface area contributed by atoms with Gasteiger partial charge in [0.1, 0.15) is 29.6 Å². The van der Waals surface area contributed by atoms with Crippen LogP contribution in [0.5, 0.6) is 23.0 Å². The molecule has 2 aliphatic rings. The first-order valence-electron chi connectivity index (χ1n) is 21.4. The molecule has 0 atom stereocenters. The van der Waals surface area contributed by atoms with Crippen LogP contribution in [-0.2, 0) is 9.59 Å². The molecule has 0 bridgehead atoms. The van der Waals surface area contributed by atoms with Gasteiger partial charge in [-0.1, -0.05) is 49.2 Å². The molecule has 6 rings (SSSR count). The summed E-state index contributed by atoms with van der Waals surface area (Å²) in [4.78, 5) is 51.1. The van der Waals surface area contributed by atoms with Gasteiger partial charge in [0.2, 0.25) is 0 Å². The third-order valence-electron chi connectivity index (χ3n) is 10.2. The molecule has 2 aliphatic heterocycles. The van der Waals surface area contributed by atoms with Crippen molar-refractivity contribution in [3.8, 4) is 23.0 Å². The van der Waals surface area contributed by atoms with Gasteiger partial charge in [-0.3, -0.25) is 14.4 Å². The quantitative estimate of drug-likeness (QED) is 0.113. The Balaban J connectivity index is 0.000000222. The second-order valence-electron chi connectivity index (χ2n) is 15.5. The summed E-state index contributed by atoms with van der Waals surface area (Å²) >= 11 is 0. The van der Waals surface area contributed by atoms with E-state index in [1.807, 2.05) is 103 Å². The second kappa shape index (κ2) is 25.7. The highest BCUT2D eigenvalue weighted by Gasteiger charge is 2.25. The van der Waals surface area contributed by atoms with Crippen molar-refractivity contribution in [3.63, 3.8) is 0 Å². The largest absolute Gasteiger partial charge is 0.494 e. The summed E-state index contributed by atoms with van der Waals surface area (Å²) in [6, 6.07) is 30.0. The number of rotatable bonds is 16. The zero-order valence-corrected chi connectivity index (χ0v) is 36.2. The lowest BCUT2D eigenvalue weighted by Crippen LogP contribution is -2.42. The lowest BCUT2D eigenvalue weighted by molar-refractivity contribution is -0.139. The number of amides is 2. The molecule has 0 aromatic heterocycles. The standard InChI is InChI=1S/C25H31NO4.C13H18N2O.C11H14O4/c1-3-16-29-23-8-10-24(11-9-23)30-18-22(27)17-20-12-14-26(15-13-20)25(28)21-6-4-19(2)5-7-21;1-10-2-4-11(5-3-10)13(16)15-8-6-12(14)7-9-15;1-2-7-14-9-3-5-10(6-4-9)15-8-11(12)13/h4-11,20H,3,12-18H2,1-2H3;2-5,12H,6-9,14H2,1H3;3-6H,2,7-8H2,1H3,(H,12,13). The number of ether oxygens (including phenoxy) is 4. The predicted octanol–water partition coefficient (Wildman–Crippen LogP) is 8.17. The van der Waals surface area contributed by atoms with E-state index in [9.17, 15) is 19.2 Å². The van der Waals surface area contributed by atoms with E-state index < -0.39 is 5.97 Å². The van der Waals surface area contributed by atoms with Crippen LogP contribution in [0.3, 0.4) is 0 Å². The maximum absolute atomic E-state index is 12.6. The predicted molar refractivity (Wildman–Crippen MR) is 237 cm³/mol. The molecule has 2 amide bonds. The van der Waals surface area contributed by atoms with E-state index >= 15 is 0 Å². The Morgan fingerprint density at radius 1 is 0.557 bits per heavy atom. The average molecular weight is 838 g/mol. The fourth-order valence-corrected chi connectivity index (χ4v) is 6.59. The number of ketones is 1. The van der Waals surface area contributed by atoms with Gasteiger partial charge in [-0.15, -0.1) is 0 Å². The van der Waals surface area contributed by atoms with Gasteiger partial charge >= 0.3 is 5.97 Å². The van der Waals surface area contributed by atoms with Crippen LogP contribution in [0, 0.1) is 19.8 Å². The van der Waals surface area contributed by atoms with Gasteiger partial charge in [-0.2, -0.15) is 0 Å². The molecule has 2 fully saturated rings. The Labute approximate surface area is 360 Å². The molecule has 0 spiro atoms. The van der Waals surface area contributed by atoms with Gasteiger partial charge in [-0.25, -0.2) is 4.79 Å². The van der Waals surface area contributed by atoms with Gasteiger partial charge < -0.3 is 39.6 Å². The Hall–Kier alpha value is -5.88. The number of nitrogens with zero attached hydrogens (tertiary/aromatic N) is 2. The second-order valence-corrected chi connectivity index (χ2v) is 15.5. The summed E-state index contributed by atoms with van der Waals surface area (Å²) in [7, 11) is 0. The normalized spacial score (nSPS) is 14.0. The molecule has 0 aliphatic carbocycles. The van der Waals surface area contributed by atoms with Crippen LogP contribution in [-0.4, -0.2) is 97.1 Å².